The number of hydrogen-bond donors (Lipinski definition) is 0. The van der Waals surface area contributed by atoms with Crippen molar-refractivity contribution < 1.29 is 19.1 Å². The van der Waals surface area contributed by atoms with E-state index in [1.54, 1.807) is 42.3 Å². The minimum atomic E-state index is -1.19. The number of carbonyl (C=O) groups excluding carboxylic acids is 2. The first-order valence-corrected chi connectivity index (χ1v) is 7.61. The van der Waals surface area contributed by atoms with Gasteiger partial charge in [0.1, 0.15) is 5.70 Å². The Balaban J connectivity index is 1.85. The van der Waals surface area contributed by atoms with Gasteiger partial charge in [-0.25, -0.2) is 9.59 Å². The first kappa shape index (κ1) is 16.1. The molecule has 3 rings (SSSR count). The molecule has 1 heterocycles. The second-order valence-corrected chi connectivity index (χ2v) is 5.48. The van der Waals surface area contributed by atoms with E-state index in [0.29, 0.717) is 5.56 Å². The number of nitrogens with zero attached hydrogens (tertiary/aromatic N) is 1. The SMILES string of the molecule is CN(C1=C(Cl)C(=O)OC1OC(=O)c1ccccc1)c1ccccc1. The van der Waals surface area contributed by atoms with E-state index >= 15 is 0 Å². The molecule has 0 bridgehead atoms. The molecule has 122 valence electrons. The highest BCUT2D eigenvalue weighted by Crippen LogP contribution is 2.32. The number of esters is 2. The summed E-state index contributed by atoms with van der Waals surface area (Å²) in [6.45, 7) is 0. The molecule has 0 radical (unpaired) electrons. The zero-order chi connectivity index (χ0) is 17.1. The fourth-order valence-electron chi connectivity index (χ4n) is 2.33. The highest BCUT2D eigenvalue weighted by molar-refractivity contribution is 6.42. The van der Waals surface area contributed by atoms with Crippen molar-refractivity contribution >= 4 is 29.2 Å². The second kappa shape index (κ2) is 6.76. The van der Waals surface area contributed by atoms with E-state index in [4.69, 9.17) is 21.1 Å². The Labute approximate surface area is 144 Å². The van der Waals surface area contributed by atoms with Gasteiger partial charge in [-0.15, -0.1) is 0 Å². The van der Waals surface area contributed by atoms with Gasteiger partial charge in [-0.05, 0) is 24.3 Å². The Morgan fingerprint density at radius 2 is 1.67 bits per heavy atom. The molecule has 0 saturated carbocycles. The first-order chi connectivity index (χ1) is 11.6. The molecule has 0 N–H and O–H groups in total. The van der Waals surface area contributed by atoms with E-state index in [1.807, 2.05) is 30.3 Å². The summed E-state index contributed by atoms with van der Waals surface area (Å²) < 4.78 is 10.4. The summed E-state index contributed by atoms with van der Waals surface area (Å²) >= 11 is 6.07. The third kappa shape index (κ3) is 3.12. The van der Waals surface area contributed by atoms with Crippen molar-refractivity contribution in [3.8, 4) is 0 Å². The van der Waals surface area contributed by atoms with Crippen LogP contribution in [0.2, 0.25) is 0 Å². The van der Waals surface area contributed by atoms with Gasteiger partial charge in [0.15, 0.2) is 5.03 Å². The van der Waals surface area contributed by atoms with Crippen LogP contribution >= 0.6 is 11.6 Å². The summed E-state index contributed by atoms with van der Waals surface area (Å²) in [5.74, 6) is -1.32. The Morgan fingerprint density at radius 3 is 2.29 bits per heavy atom. The normalized spacial score (nSPS) is 16.8. The summed E-state index contributed by atoms with van der Waals surface area (Å²) in [6.07, 6.45) is -1.19. The molecule has 0 amide bonds. The molecule has 6 heteroatoms. The van der Waals surface area contributed by atoms with Crippen LogP contribution in [-0.2, 0) is 14.3 Å². The van der Waals surface area contributed by atoms with Crippen LogP contribution in [0.4, 0.5) is 5.69 Å². The van der Waals surface area contributed by atoms with Crippen molar-refractivity contribution in [2.24, 2.45) is 0 Å². The number of anilines is 1. The van der Waals surface area contributed by atoms with Crippen molar-refractivity contribution in [2.75, 3.05) is 11.9 Å². The summed E-state index contributed by atoms with van der Waals surface area (Å²) in [7, 11) is 1.72. The lowest BCUT2D eigenvalue weighted by Gasteiger charge is -2.24. The number of carbonyl (C=O) groups is 2. The van der Waals surface area contributed by atoms with E-state index in [-0.39, 0.29) is 10.7 Å². The fourth-order valence-corrected chi connectivity index (χ4v) is 2.59. The molecule has 5 nitrogen and oxygen atoms in total. The Bertz CT molecular complexity index is 789. The van der Waals surface area contributed by atoms with Crippen LogP contribution in [0.15, 0.2) is 71.4 Å². The van der Waals surface area contributed by atoms with Crippen molar-refractivity contribution in [2.45, 2.75) is 6.29 Å². The monoisotopic (exact) mass is 343 g/mol. The lowest BCUT2D eigenvalue weighted by Crippen LogP contribution is -2.29. The summed E-state index contributed by atoms with van der Waals surface area (Å²) in [4.78, 5) is 25.7. The smallest absolute Gasteiger partial charge is 0.355 e. The maximum Gasteiger partial charge on any atom is 0.355 e. The highest BCUT2D eigenvalue weighted by atomic mass is 35.5. The van der Waals surface area contributed by atoms with Gasteiger partial charge in [-0.2, -0.15) is 0 Å². The molecule has 0 aliphatic carbocycles. The Hall–Kier alpha value is -2.79. The summed E-state index contributed by atoms with van der Waals surface area (Å²) in [5, 5.41) is -0.104. The number of halogens is 1. The number of hydrogen-bond acceptors (Lipinski definition) is 5. The van der Waals surface area contributed by atoms with Crippen LogP contribution in [0.3, 0.4) is 0 Å². The van der Waals surface area contributed by atoms with E-state index in [1.165, 1.54) is 0 Å². The molecule has 2 aromatic carbocycles. The minimum Gasteiger partial charge on any atom is -0.415 e. The van der Waals surface area contributed by atoms with Gasteiger partial charge in [-0.1, -0.05) is 48.0 Å². The van der Waals surface area contributed by atoms with Gasteiger partial charge >= 0.3 is 11.9 Å². The average molecular weight is 344 g/mol. The Kier molecular flexibility index (Phi) is 4.53. The van der Waals surface area contributed by atoms with Crippen LogP contribution in [0, 0.1) is 0 Å². The molecule has 0 spiro atoms. The van der Waals surface area contributed by atoms with Crippen molar-refractivity contribution in [3.63, 3.8) is 0 Å². The largest absolute Gasteiger partial charge is 0.415 e. The van der Waals surface area contributed by atoms with Crippen LogP contribution in [-0.4, -0.2) is 25.3 Å². The number of cyclic esters (lactones) is 1. The zero-order valence-electron chi connectivity index (χ0n) is 12.8. The van der Waals surface area contributed by atoms with Gasteiger partial charge in [-0.3, -0.25) is 0 Å². The third-order valence-corrected chi connectivity index (χ3v) is 3.92. The maximum atomic E-state index is 12.2. The number of benzene rings is 2. The number of rotatable bonds is 4. The molecule has 0 aromatic heterocycles. The second-order valence-electron chi connectivity index (χ2n) is 5.10. The number of likely N-dealkylation sites (N-methyl/N-ethyl adjacent to an activating group) is 1. The lowest BCUT2D eigenvalue weighted by molar-refractivity contribution is -0.152. The molecular formula is C18H14ClNO4. The van der Waals surface area contributed by atoms with Gasteiger partial charge < -0.3 is 14.4 Å². The van der Waals surface area contributed by atoms with E-state index in [2.05, 4.69) is 0 Å². The van der Waals surface area contributed by atoms with Crippen LogP contribution in [0.1, 0.15) is 10.4 Å². The maximum absolute atomic E-state index is 12.2. The van der Waals surface area contributed by atoms with Crippen LogP contribution < -0.4 is 4.90 Å². The molecule has 0 fully saturated rings. The molecule has 2 aromatic rings. The average Bonchev–Trinajstić information content (AvgIpc) is 2.89. The van der Waals surface area contributed by atoms with Gasteiger partial charge in [0.05, 0.1) is 5.56 Å². The standard InChI is InChI=1S/C18H14ClNO4/c1-20(13-10-6-3-7-11-13)15-14(19)17(22)24-18(15)23-16(21)12-8-4-2-5-9-12/h2-11,18H,1H3. The lowest BCUT2D eigenvalue weighted by atomic mass is 10.2. The fraction of sp³-hybridized carbons (Fsp3) is 0.111. The molecule has 1 atom stereocenters. The quantitative estimate of drug-likeness (QED) is 0.797. The minimum absolute atomic E-state index is 0.104. The van der Waals surface area contributed by atoms with Gasteiger partial charge in [0.2, 0.25) is 0 Å². The van der Waals surface area contributed by atoms with Crippen molar-refractivity contribution in [1.82, 2.24) is 0 Å². The number of ether oxygens (including phenoxy) is 2. The highest BCUT2D eigenvalue weighted by Gasteiger charge is 2.39. The molecule has 1 unspecified atom stereocenters. The molecule has 1 aliphatic heterocycles. The predicted molar refractivity (Wildman–Crippen MR) is 89.5 cm³/mol. The van der Waals surface area contributed by atoms with Crippen molar-refractivity contribution in [1.29, 1.82) is 0 Å². The van der Waals surface area contributed by atoms with E-state index < -0.39 is 18.2 Å². The Morgan fingerprint density at radius 1 is 1.08 bits per heavy atom. The molecule has 0 saturated heterocycles. The predicted octanol–water partition coefficient (Wildman–Crippen LogP) is 3.31. The van der Waals surface area contributed by atoms with Crippen LogP contribution in [0.5, 0.6) is 0 Å². The van der Waals surface area contributed by atoms with Crippen molar-refractivity contribution in [3.05, 3.63) is 77.0 Å². The zero-order valence-corrected chi connectivity index (χ0v) is 13.6. The number of para-hydroxylation sites is 1. The van der Waals surface area contributed by atoms with Gasteiger partial charge in [0, 0.05) is 12.7 Å². The molecule has 24 heavy (non-hydrogen) atoms. The van der Waals surface area contributed by atoms with Crippen LogP contribution in [0.25, 0.3) is 0 Å². The first-order valence-electron chi connectivity index (χ1n) is 7.23. The summed E-state index contributed by atoms with van der Waals surface area (Å²) in [5.41, 5.74) is 1.43. The third-order valence-electron chi connectivity index (χ3n) is 3.57. The topological polar surface area (TPSA) is 55.8 Å². The van der Waals surface area contributed by atoms with E-state index in [0.717, 1.165) is 5.69 Å². The molecular weight excluding hydrogens is 330 g/mol. The van der Waals surface area contributed by atoms with E-state index in [9.17, 15) is 9.59 Å². The summed E-state index contributed by atoms with van der Waals surface area (Å²) in [6, 6.07) is 17.7. The van der Waals surface area contributed by atoms with Gasteiger partial charge in [0.25, 0.3) is 6.29 Å². The molecule has 1 aliphatic rings.